The third-order valence-corrected chi connectivity index (χ3v) is 3.54. The number of aromatic nitrogens is 1. The van der Waals surface area contributed by atoms with Crippen molar-refractivity contribution in [1.29, 1.82) is 0 Å². The van der Waals surface area contributed by atoms with Crippen molar-refractivity contribution in [1.82, 2.24) is 4.98 Å². The second-order valence-electron chi connectivity index (χ2n) is 4.84. The molecule has 0 aliphatic carbocycles. The van der Waals surface area contributed by atoms with Crippen LogP contribution in [0.15, 0.2) is 67.0 Å². The van der Waals surface area contributed by atoms with E-state index < -0.39 is 5.60 Å². The average Bonchev–Trinajstić information content (AvgIpc) is 2.47. The Labute approximate surface area is 112 Å². The Hall–Kier alpha value is -2.19. The summed E-state index contributed by atoms with van der Waals surface area (Å²) in [5, 5.41) is 13.1. The maximum Gasteiger partial charge on any atom is 0.114 e. The highest BCUT2D eigenvalue weighted by molar-refractivity contribution is 5.86. The van der Waals surface area contributed by atoms with Crippen LogP contribution in [0.3, 0.4) is 0 Å². The van der Waals surface area contributed by atoms with E-state index >= 15 is 0 Å². The van der Waals surface area contributed by atoms with Crippen LogP contribution >= 0.6 is 0 Å². The first-order valence-electron chi connectivity index (χ1n) is 6.31. The molecule has 0 aliphatic rings. The normalized spacial score (nSPS) is 14.2. The van der Waals surface area contributed by atoms with Crippen LogP contribution < -0.4 is 0 Å². The number of fused-ring (bicyclic) bond motifs is 1. The van der Waals surface area contributed by atoms with Crippen molar-refractivity contribution in [3.05, 3.63) is 78.1 Å². The van der Waals surface area contributed by atoms with Gasteiger partial charge >= 0.3 is 0 Å². The number of rotatable bonds is 2. The maximum atomic E-state index is 10.9. The molecule has 3 rings (SSSR count). The Kier molecular flexibility index (Phi) is 2.80. The quantitative estimate of drug-likeness (QED) is 0.754. The Morgan fingerprint density at radius 1 is 0.947 bits per heavy atom. The molecular weight excluding hydrogens is 234 g/mol. The molecule has 0 aliphatic heterocycles. The zero-order valence-corrected chi connectivity index (χ0v) is 10.7. The molecule has 1 atom stereocenters. The van der Waals surface area contributed by atoms with Crippen molar-refractivity contribution in [3.63, 3.8) is 0 Å². The smallest absolute Gasteiger partial charge is 0.114 e. The van der Waals surface area contributed by atoms with Gasteiger partial charge in [0.1, 0.15) is 5.60 Å². The molecule has 1 heterocycles. The second-order valence-corrected chi connectivity index (χ2v) is 4.84. The first kappa shape index (κ1) is 11.9. The SMILES string of the molecule is CC(O)(c1cccnc1)c1cccc2ccccc12. The fourth-order valence-electron chi connectivity index (χ4n) is 2.46. The molecule has 2 heteroatoms. The third kappa shape index (κ3) is 2.00. The van der Waals surface area contributed by atoms with Gasteiger partial charge in [-0.05, 0) is 29.3 Å². The van der Waals surface area contributed by atoms with Gasteiger partial charge in [0.2, 0.25) is 0 Å². The summed E-state index contributed by atoms with van der Waals surface area (Å²) in [6, 6.07) is 17.8. The van der Waals surface area contributed by atoms with Crippen molar-refractivity contribution < 1.29 is 5.11 Å². The van der Waals surface area contributed by atoms with Crippen LogP contribution in [0.4, 0.5) is 0 Å². The standard InChI is InChI=1S/C17H15NO/c1-17(19,14-8-5-11-18-12-14)16-10-4-7-13-6-2-3-9-15(13)16/h2-12,19H,1H3. The summed E-state index contributed by atoms with van der Waals surface area (Å²) in [7, 11) is 0. The van der Waals surface area contributed by atoms with E-state index in [4.69, 9.17) is 0 Å². The minimum absolute atomic E-state index is 0.798. The number of hydrogen-bond donors (Lipinski definition) is 1. The molecule has 1 aromatic heterocycles. The summed E-state index contributed by atoms with van der Waals surface area (Å²) in [5.74, 6) is 0. The van der Waals surface area contributed by atoms with E-state index in [-0.39, 0.29) is 0 Å². The molecule has 19 heavy (non-hydrogen) atoms. The number of aliphatic hydroxyl groups is 1. The lowest BCUT2D eigenvalue weighted by atomic mass is 9.86. The van der Waals surface area contributed by atoms with Crippen molar-refractivity contribution in [2.45, 2.75) is 12.5 Å². The minimum atomic E-state index is -1.05. The molecule has 1 unspecified atom stereocenters. The second kappa shape index (κ2) is 4.48. The largest absolute Gasteiger partial charge is 0.381 e. The first-order valence-corrected chi connectivity index (χ1v) is 6.31. The molecule has 0 radical (unpaired) electrons. The van der Waals surface area contributed by atoms with Crippen LogP contribution in [0.2, 0.25) is 0 Å². The summed E-state index contributed by atoms with van der Waals surface area (Å²) in [5.41, 5.74) is 0.653. The molecule has 0 bridgehead atoms. The fourth-order valence-corrected chi connectivity index (χ4v) is 2.46. The van der Waals surface area contributed by atoms with E-state index in [0.717, 1.165) is 21.9 Å². The summed E-state index contributed by atoms with van der Waals surface area (Å²) < 4.78 is 0. The van der Waals surface area contributed by atoms with Gasteiger partial charge in [-0.3, -0.25) is 4.98 Å². The highest BCUT2D eigenvalue weighted by atomic mass is 16.3. The van der Waals surface area contributed by atoms with E-state index in [2.05, 4.69) is 17.1 Å². The molecule has 94 valence electrons. The monoisotopic (exact) mass is 249 g/mol. The number of hydrogen-bond acceptors (Lipinski definition) is 2. The first-order chi connectivity index (χ1) is 9.19. The average molecular weight is 249 g/mol. The molecule has 2 nitrogen and oxygen atoms in total. The molecule has 0 spiro atoms. The van der Waals surface area contributed by atoms with Gasteiger partial charge in [-0.25, -0.2) is 0 Å². The summed E-state index contributed by atoms with van der Waals surface area (Å²) in [6.45, 7) is 1.81. The van der Waals surface area contributed by atoms with Gasteiger partial charge in [-0.2, -0.15) is 0 Å². The van der Waals surface area contributed by atoms with E-state index in [1.807, 2.05) is 49.4 Å². The molecule has 0 amide bonds. The lowest BCUT2D eigenvalue weighted by molar-refractivity contribution is 0.103. The van der Waals surface area contributed by atoms with Gasteiger partial charge < -0.3 is 5.11 Å². The van der Waals surface area contributed by atoms with Gasteiger partial charge in [-0.15, -0.1) is 0 Å². The van der Waals surface area contributed by atoms with Crippen LogP contribution in [-0.4, -0.2) is 10.1 Å². The molecule has 1 N–H and O–H groups in total. The Morgan fingerprint density at radius 3 is 2.53 bits per heavy atom. The molecular formula is C17H15NO. The van der Waals surface area contributed by atoms with E-state index in [1.54, 1.807) is 12.4 Å². The fraction of sp³-hybridized carbons (Fsp3) is 0.118. The predicted molar refractivity (Wildman–Crippen MR) is 76.9 cm³/mol. The van der Waals surface area contributed by atoms with E-state index in [9.17, 15) is 5.11 Å². The van der Waals surface area contributed by atoms with Crippen molar-refractivity contribution in [2.24, 2.45) is 0 Å². The zero-order chi connectivity index (χ0) is 13.3. The number of nitrogens with zero attached hydrogens (tertiary/aromatic N) is 1. The van der Waals surface area contributed by atoms with Crippen molar-refractivity contribution >= 4 is 10.8 Å². The number of benzene rings is 2. The Morgan fingerprint density at radius 2 is 1.74 bits per heavy atom. The highest BCUT2D eigenvalue weighted by Gasteiger charge is 2.27. The highest BCUT2D eigenvalue weighted by Crippen LogP contribution is 2.33. The topological polar surface area (TPSA) is 33.1 Å². The summed E-state index contributed by atoms with van der Waals surface area (Å²) >= 11 is 0. The van der Waals surface area contributed by atoms with Crippen molar-refractivity contribution in [2.75, 3.05) is 0 Å². The Bertz CT molecular complexity index is 699. The summed E-state index contributed by atoms with van der Waals surface area (Å²) in [4.78, 5) is 4.10. The van der Waals surface area contributed by atoms with Crippen LogP contribution in [0, 0.1) is 0 Å². The lowest BCUT2D eigenvalue weighted by Crippen LogP contribution is -2.23. The molecule has 2 aromatic carbocycles. The van der Waals surface area contributed by atoms with Gasteiger partial charge in [0.15, 0.2) is 0 Å². The molecule has 0 fully saturated rings. The molecule has 0 saturated heterocycles. The van der Waals surface area contributed by atoms with Gasteiger partial charge in [-0.1, -0.05) is 48.5 Å². The van der Waals surface area contributed by atoms with Crippen LogP contribution in [-0.2, 0) is 5.60 Å². The molecule has 0 saturated carbocycles. The lowest BCUT2D eigenvalue weighted by Gasteiger charge is -2.25. The van der Waals surface area contributed by atoms with Crippen LogP contribution in [0.1, 0.15) is 18.1 Å². The number of pyridine rings is 1. The van der Waals surface area contributed by atoms with Gasteiger partial charge in [0.05, 0.1) is 0 Å². The van der Waals surface area contributed by atoms with E-state index in [0.29, 0.717) is 0 Å². The van der Waals surface area contributed by atoms with E-state index in [1.165, 1.54) is 0 Å². The summed E-state index contributed by atoms with van der Waals surface area (Å²) in [6.07, 6.45) is 3.42. The van der Waals surface area contributed by atoms with Crippen LogP contribution in [0.5, 0.6) is 0 Å². The third-order valence-electron chi connectivity index (χ3n) is 3.54. The minimum Gasteiger partial charge on any atom is -0.381 e. The van der Waals surface area contributed by atoms with Crippen molar-refractivity contribution in [3.8, 4) is 0 Å². The van der Waals surface area contributed by atoms with Gasteiger partial charge in [0, 0.05) is 18.0 Å². The Balaban J connectivity index is 2.24. The zero-order valence-electron chi connectivity index (χ0n) is 10.7. The predicted octanol–water partition coefficient (Wildman–Crippen LogP) is 3.49. The van der Waals surface area contributed by atoms with Gasteiger partial charge in [0.25, 0.3) is 0 Å². The molecule has 3 aromatic rings. The van der Waals surface area contributed by atoms with Crippen LogP contribution in [0.25, 0.3) is 10.8 Å². The maximum absolute atomic E-state index is 10.9.